The van der Waals surface area contributed by atoms with Crippen LogP contribution >= 0.6 is 0 Å². The van der Waals surface area contributed by atoms with Gasteiger partial charge in [-0.05, 0) is 26.0 Å². The van der Waals surface area contributed by atoms with Gasteiger partial charge in [-0.3, -0.25) is 9.69 Å². The molecule has 4 heteroatoms. The van der Waals surface area contributed by atoms with Crippen LogP contribution in [0.3, 0.4) is 0 Å². The van der Waals surface area contributed by atoms with Gasteiger partial charge in [0.1, 0.15) is 0 Å². The number of hydrogen-bond donors (Lipinski definition) is 1. The Balaban J connectivity index is 2.05. The van der Waals surface area contributed by atoms with E-state index in [-0.39, 0.29) is 17.6 Å². The smallest absolute Gasteiger partial charge is 0.201 e. The summed E-state index contributed by atoms with van der Waals surface area (Å²) in [6.45, 7) is 7.28. The van der Waals surface area contributed by atoms with Crippen LogP contribution in [0.1, 0.15) is 13.8 Å². The molecular weight excluding hydrogens is 240 g/mol. The molecule has 0 aromatic heterocycles. The van der Waals surface area contributed by atoms with Crippen LogP contribution in [0, 0.1) is 0 Å². The maximum atomic E-state index is 11.9. The first-order chi connectivity index (χ1) is 9.09. The molecule has 1 heterocycles. The van der Waals surface area contributed by atoms with Gasteiger partial charge < -0.3 is 10.0 Å². The molecule has 1 aliphatic heterocycles. The predicted octanol–water partition coefficient (Wildman–Crippen LogP) is 0.938. The van der Waals surface area contributed by atoms with E-state index in [0.717, 1.165) is 31.9 Å². The van der Waals surface area contributed by atoms with Crippen LogP contribution in [0.25, 0.3) is 0 Å². The van der Waals surface area contributed by atoms with E-state index in [4.69, 9.17) is 0 Å². The second-order valence-electron chi connectivity index (χ2n) is 5.16. The first-order valence-electron chi connectivity index (χ1n) is 6.86. The Morgan fingerprint density at radius 2 is 1.68 bits per heavy atom. The maximum Gasteiger partial charge on any atom is 0.201 e. The van der Waals surface area contributed by atoms with E-state index in [9.17, 15) is 9.90 Å². The summed E-state index contributed by atoms with van der Waals surface area (Å²) >= 11 is 0. The Morgan fingerprint density at radius 3 is 2.32 bits per heavy atom. The molecule has 1 aromatic rings. The second-order valence-corrected chi connectivity index (χ2v) is 5.16. The minimum absolute atomic E-state index is 0.0713. The van der Waals surface area contributed by atoms with Crippen molar-refractivity contribution in [3.05, 3.63) is 40.6 Å². The zero-order valence-corrected chi connectivity index (χ0v) is 11.6. The summed E-state index contributed by atoms with van der Waals surface area (Å²) in [4.78, 5) is 16.4. The van der Waals surface area contributed by atoms with Gasteiger partial charge in [-0.1, -0.05) is 18.2 Å². The minimum Gasteiger partial charge on any atom is -0.392 e. The van der Waals surface area contributed by atoms with Crippen molar-refractivity contribution in [2.75, 3.05) is 31.1 Å². The standard InChI is InChI=1S/C15H22N2O2/c1-12(13(2)18)16-8-10-17(11-9-16)14-6-4-3-5-7-15(14)19/h3-7,12-13,18H,8-11H2,1-2H3/t12-,13+/m0/s1. The summed E-state index contributed by atoms with van der Waals surface area (Å²) < 4.78 is 0. The highest BCUT2D eigenvalue weighted by atomic mass is 16.3. The maximum absolute atomic E-state index is 11.9. The predicted molar refractivity (Wildman–Crippen MR) is 77.6 cm³/mol. The summed E-state index contributed by atoms with van der Waals surface area (Å²) in [5.41, 5.74) is 0.844. The number of piperazine rings is 1. The number of nitrogens with zero attached hydrogens (tertiary/aromatic N) is 2. The molecule has 1 saturated heterocycles. The first-order valence-corrected chi connectivity index (χ1v) is 6.86. The van der Waals surface area contributed by atoms with Gasteiger partial charge in [0, 0.05) is 32.2 Å². The molecule has 2 atom stereocenters. The van der Waals surface area contributed by atoms with Gasteiger partial charge >= 0.3 is 0 Å². The van der Waals surface area contributed by atoms with E-state index in [2.05, 4.69) is 9.80 Å². The highest BCUT2D eigenvalue weighted by Gasteiger charge is 2.24. The Kier molecular flexibility index (Phi) is 4.56. The van der Waals surface area contributed by atoms with Crippen LogP contribution in [0.4, 0.5) is 5.69 Å². The monoisotopic (exact) mass is 262 g/mol. The number of anilines is 1. The summed E-state index contributed by atoms with van der Waals surface area (Å²) in [6.07, 6.45) is -0.323. The van der Waals surface area contributed by atoms with Crippen LogP contribution in [-0.4, -0.2) is 48.3 Å². The fourth-order valence-electron chi connectivity index (χ4n) is 2.46. The van der Waals surface area contributed by atoms with Gasteiger partial charge in [0.25, 0.3) is 0 Å². The molecule has 0 aliphatic carbocycles. The van der Waals surface area contributed by atoms with Crippen LogP contribution in [0.15, 0.2) is 35.1 Å². The zero-order chi connectivity index (χ0) is 13.8. The van der Waals surface area contributed by atoms with Crippen LogP contribution in [-0.2, 0) is 0 Å². The number of aliphatic hydroxyl groups is 1. The minimum atomic E-state index is -0.323. The lowest BCUT2D eigenvalue weighted by Crippen LogP contribution is -2.52. The lowest BCUT2D eigenvalue weighted by molar-refractivity contribution is 0.0672. The van der Waals surface area contributed by atoms with Crippen molar-refractivity contribution in [3.63, 3.8) is 0 Å². The molecule has 0 radical (unpaired) electrons. The Bertz CT molecular complexity index is 468. The third-order valence-electron chi connectivity index (χ3n) is 3.91. The molecule has 4 nitrogen and oxygen atoms in total. The Labute approximate surface area is 114 Å². The molecule has 0 bridgehead atoms. The molecule has 19 heavy (non-hydrogen) atoms. The quantitative estimate of drug-likeness (QED) is 0.880. The van der Waals surface area contributed by atoms with E-state index in [1.807, 2.05) is 32.0 Å². The normalized spacial score (nSPS) is 20.1. The molecule has 2 rings (SSSR count). The molecule has 0 amide bonds. The average molecular weight is 262 g/mol. The lowest BCUT2D eigenvalue weighted by atomic mass is 10.1. The van der Waals surface area contributed by atoms with Crippen molar-refractivity contribution in [2.45, 2.75) is 26.0 Å². The van der Waals surface area contributed by atoms with Crippen molar-refractivity contribution in [1.29, 1.82) is 0 Å². The zero-order valence-electron chi connectivity index (χ0n) is 11.6. The summed E-state index contributed by atoms with van der Waals surface area (Å²) in [7, 11) is 0. The van der Waals surface area contributed by atoms with E-state index in [1.54, 1.807) is 12.1 Å². The molecule has 1 N–H and O–H groups in total. The molecule has 1 fully saturated rings. The van der Waals surface area contributed by atoms with E-state index >= 15 is 0 Å². The molecule has 104 valence electrons. The molecular formula is C15H22N2O2. The van der Waals surface area contributed by atoms with Gasteiger partial charge in [0.2, 0.25) is 5.43 Å². The molecule has 1 aromatic carbocycles. The third kappa shape index (κ3) is 3.33. The highest BCUT2D eigenvalue weighted by Crippen LogP contribution is 2.14. The summed E-state index contributed by atoms with van der Waals surface area (Å²) in [5, 5.41) is 9.63. The van der Waals surface area contributed by atoms with Crippen molar-refractivity contribution < 1.29 is 5.11 Å². The van der Waals surface area contributed by atoms with Crippen molar-refractivity contribution in [2.24, 2.45) is 0 Å². The Morgan fingerprint density at radius 1 is 1.05 bits per heavy atom. The van der Waals surface area contributed by atoms with Crippen molar-refractivity contribution in [3.8, 4) is 0 Å². The van der Waals surface area contributed by atoms with Gasteiger partial charge in [-0.2, -0.15) is 0 Å². The third-order valence-corrected chi connectivity index (χ3v) is 3.91. The van der Waals surface area contributed by atoms with Crippen LogP contribution in [0.2, 0.25) is 0 Å². The fraction of sp³-hybridized carbons (Fsp3) is 0.533. The summed E-state index contributed by atoms with van der Waals surface area (Å²) in [6, 6.07) is 9.21. The summed E-state index contributed by atoms with van der Waals surface area (Å²) in [5.74, 6) is 0. The SMILES string of the molecule is C[C@@H](O)[C@H](C)N1CCN(c2cccccc2=O)CC1. The largest absolute Gasteiger partial charge is 0.392 e. The van der Waals surface area contributed by atoms with Crippen molar-refractivity contribution >= 4 is 5.69 Å². The fourth-order valence-corrected chi connectivity index (χ4v) is 2.46. The average Bonchev–Trinajstić information content (AvgIpc) is 2.63. The highest BCUT2D eigenvalue weighted by molar-refractivity contribution is 5.45. The molecule has 0 saturated carbocycles. The topological polar surface area (TPSA) is 43.8 Å². The number of aliphatic hydroxyl groups excluding tert-OH is 1. The van der Waals surface area contributed by atoms with Gasteiger partial charge in [0.05, 0.1) is 11.8 Å². The van der Waals surface area contributed by atoms with Gasteiger partial charge in [0.15, 0.2) is 0 Å². The molecule has 0 unspecified atom stereocenters. The van der Waals surface area contributed by atoms with Crippen molar-refractivity contribution in [1.82, 2.24) is 4.90 Å². The lowest BCUT2D eigenvalue weighted by Gasteiger charge is -2.39. The molecule has 1 aliphatic rings. The van der Waals surface area contributed by atoms with E-state index in [0.29, 0.717) is 0 Å². The second kappa shape index (κ2) is 6.17. The van der Waals surface area contributed by atoms with Crippen LogP contribution < -0.4 is 10.3 Å². The number of rotatable bonds is 3. The Hall–Kier alpha value is -1.39. The van der Waals surface area contributed by atoms with Gasteiger partial charge in [-0.15, -0.1) is 0 Å². The number of hydrogen-bond acceptors (Lipinski definition) is 4. The van der Waals surface area contributed by atoms with Gasteiger partial charge in [-0.25, -0.2) is 0 Å². The van der Waals surface area contributed by atoms with Crippen LogP contribution in [0.5, 0.6) is 0 Å². The van der Waals surface area contributed by atoms with E-state index in [1.165, 1.54) is 0 Å². The first kappa shape index (κ1) is 14.0. The van der Waals surface area contributed by atoms with E-state index < -0.39 is 0 Å². The molecule has 0 spiro atoms.